The van der Waals surface area contributed by atoms with Crippen molar-refractivity contribution in [1.82, 2.24) is 0 Å². The average Bonchev–Trinajstić information content (AvgIpc) is 3.45. The van der Waals surface area contributed by atoms with E-state index < -0.39 is 6.10 Å². The molecule has 1 unspecified atom stereocenters. The van der Waals surface area contributed by atoms with Crippen molar-refractivity contribution in [2.45, 2.75) is 309 Å². The van der Waals surface area contributed by atoms with E-state index in [1.54, 1.807) is 0 Å². The molecule has 0 aliphatic heterocycles. The Morgan fingerprint density at radius 2 is 0.494 bits per heavy atom. The summed E-state index contributed by atoms with van der Waals surface area (Å²) in [5, 5.41) is 0. The Labute approximate surface area is 488 Å². The van der Waals surface area contributed by atoms with Gasteiger partial charge in [0.15, 0.2) is 6.10 Å². The van der Waals surface area contributed by atoms with E-state index in [1.807, 2.05) is 0 Å². The van der Waals surface area contributed by atoms with Crippen molar-refractivity contribution in [3.8, 4) is 0 Å². The zero-order valence-electron chi connectivity index (χ0n) is 51.6. The summed E-state index contributed by atoms with van der Waals surface area (Å²) >= 11 is 0. The van der Waals surface area contributed by atoms with Crippen molar-refractivity contribution >= 4 is 17.9 Å². The van der Waals surface area contributed by atoms with Gasteiger partial charge in [-0.3, -0.25) is 14.4 Å². The third kappa shape index (κ3) is 64.5. The number of unbranched alkanes of at least 4 members (excludes halogenated alkanes) is 28. The molecule has 0 rings (SSSR count). The first kappa shape index (κ1) is 74.8. The van der Waals surface area contributed by atoms with Crippen molar-refractivity contribution in [3.63, 3.8) is 0 Å². The number of allylic oxidation sites excluding steroid dienone is 20. The summed E-state index contributed by atoms with van der Waals surface area (Å²) < 4.78 is 16.9. The number of hydrogen-bond acceptors (Lipinski definition) is 6. The van der Waals surface area contributed by atoms with E-state index in [9.17, 15) is 14.4 Å². The van der Waals surface area contributed by atoms with Gasteiger partial charge in [0.1, 0.15) is 13.2 Å². The van der Waals surface area contributed by atoms with Gasteiger partial charge in [-0.1, -0.05) is 277 Å². The van der Waals surface area contributed by atoms with E-state index >= 15 is 0 Å². The van der Waals surface area contributed by atoms with Crippen molar-refractivity contribution < 1.29 is 28.6 Å². The highest BCUT2D eigenvalue weighted by molar-refractivity contribution is 5.71. The Balaban J connectivity index is 4.27. The van der Waals surface area contributed by atoms with Crippen molar-refractivity contribution in [1.29, 1.82) is 0 Å². The largest absolute Gasteiger partial charge is 0.462 e. The summed E-state index contributed by atoms with van der Waals surface area (Å²) in [6, 6.07) is 0. The molecule has 0 radical (unpaired) electrons. The van der Waals surface area contributed by atoms with Gasteiger partial charge in [0.25, 0.3) is 0 Å². The van der Waals surface area contributed by atoms with E-state index in [-0.39, 0.29) is 31.1 Å². The summed E-state index contributed by atoms with van der Waals surface area (Å²) in [4.78, 5) is 38.3. The number of hydrogen-bond donors (Lipinski definition) is 0. The zero-order valence-corrected chi connectivity index (χ0v) is 51.6. The van der Waals surface area contributed by atoms with Crippen LogP contribution in [0, 0.1) is 0 Å². The average molecular weight is 1100 g/mol. The van der Waals surface area contributed by atoms with Gasteiger partial charge in [-0.05, 0) is 128 Å². The molecule has 79 heavy (non-hydrogen) atoms. The minimum absolute atomic E-state index is 0.0893. The lowest BCUT2D eigenvalue weighted by Crippen LogP contribution is -2.30. The SMILES string of the molecule is CC/C=C\C/C=C\C/C=C\C/C=C\C/C=C\C/C=C\CCCCCCCCCCCCCCC(=O)OCC(COC(=O)CCCCCCC/C=C\CCCCCCCC)OC(=O)CCCCCCC/C=C\C/C=C\C/C=C\CC. The van der Waals surface area contributed by atoms with Crippen LogP contribution in [0.25, 0.3) is 0 Å². The molecule has 0 aromatic rings. The minimum Gasteiger partial charge on any atom is -0.462 e. The monoisotopic (exact) mass is 1090 g/mol. The molecular weight excluding hydrogens is 973 g/mol. The van der Waals surface area contributed by atoms with Crippen LogP contribution in [0.1, 0.15) is 303 Å². The molecule has 0 saturated carbocycles. The molecule has 0 heterocycles. The number of carbonyl (C=O) groups is 3. The molecule has 1 atom stereocenters. The number of ether oxygens (including phenoxy) is 3. The molecule has 0 aliphatic rings. The lowest BCUT2D eigenvalue weighted by Gasteiger charge is -2.18. The first-order valence-corrected chi connectivity index (χ1v) is 33.0. The fourth-order valence-electron chi connectivity index (χ4n) is 9.04. The van der Waals surface area contributed by atoms with Crippen LogP contribution >= 0.6 is 0 Å². The van der Waals surface area contributed by atoms with Crippen LogP contribution in [0.15, 0.2) is 122 Å². The smallest absolute Gasteiger partial charge is 0.306 e. The molecular formula is C73H122O6. The van der Waals surface area contributed by atoms with Crippen LogP contribution in [-0.2, 0) is 28.6 Å². The van der Waals surface area contributed by atoms with Gasteiger partial charge >= 0.3 is 17.9 Å². The molecule has 0 aromatic heterocycles. The summed E-state index contributed by atoms with van der Waals surface area (Å²) in [5.74, 6) is -0.910. The first-order valence-electron chi connectivity index (χ1n) is 33.0. The second kappa shape index (κ2) is 66.3. The number of carbonyl (C=O) groups excluding carboxylic acids is 3. The van der Waals surface area contributed by atoms with E-state index in [1.165, 1.54) is 122 Å². The highest BCUT2D eigenvalue weighted by atomic mass is 16.6. The van der Waals surface area contributed by atoms with Gasteiger partial charge in [0.05, 0.1) is 0 Å². The van der Waals surface area contributed by atoms with Crippen LogP contribution in [0.3, 0.4) is 0 Å². The molecule has 0 saturated heterocycles. The van der Waals surface area contributed by atoms with E-state index in [2.05, 4.69) is 142 Å². The standard InChI is InChI=1S/C73H122O6/c1-4-7-10-13-16-19-22-25-28-29-30-31-32-33-34-35-36-37-38-39-40-41-42-43-46-48-51-54-57-60-63-66-72(75)78-69-70(79-73(76)67-64-61-58-55-52-49-45-27-24-21-18-15-12-9-6-3)68-77-71(74)65-62-59-56-53-50-47-44-26-23-20-17-14-11-8-5-2/h7,9-10,12,16,18-19,21,25-28,30-31,33-34,36-37,44-45,70H,4-6,8,11,13-15,17,20,22-24,29,32,35,38-43,46-69H2,1-3H3/b10-7-,12-9-,19-16-,21-18-,28-25-,31-30-,34-33-,37-36-,44-26-,45-27-. The van der Waals surface area contributed by atoms with Crippen molar-refractivity contribution in [2.75, 3.05) is 13.2 Å². The Morgan fingerprint density at radius 3 is 0.785 bits per heavy atom. The van der Waals surface area contributed by atoms with Crippen LogP contribution in [0.4, 0.5) is 0 Å². The second-order valence-electron chi connectivity index (χ2n) is 21.6. The molecule has 450 valence electrons. The quantitative estimate of drug-likeness (QED) is 0.0261. The first-order chi connectivity index (χ1) is 39.0. The third-order valence-electron chi connectivity index (χ3n) is 13.9. The maximum atomic E-state index is 12.9. The summed E-state index contributed by atoms with van der Waals surface area (Å²) in [6.07, 6.45) is 92.1. The maximum absolute atomic E-state index is 12.9. The van der Waals surface area contributed by atoms with E-state index in [0.717, 1.165) is 141 Å². The Hall–Kier alpha value is -4.19. The minimum atomic E-state index is -0.794. The predicted octanol–water partition coefficient (Wildman–Crippen LogP) is 22.8. The predicted molar refractivity (Wildman–Crippen MR) is 343 cm³/mol. The number of esters is 3. The topological polar surface area (TPSA) is 78.9 Å². The maximum Gasteiger partial charge on any atom is 0.306 e. The van der Waals surface area contributed by atoms with Gasteiger partial charge in [-0.15, -0.1) is 0 Å². The summed E-state index contributed by atoms with van der Waals surface area (Å²) in [7, 11) is 0. The van der Waals surface area contributed by atoms with Gasteiger partial charge < -0.3 is 14.2 Å². The van der Waals surface area contributed by atoms with Gasteiger partial charge in [-0.2, -0.15) is 0 Å². The lowest BCUT2D eigenvalue weighted by molar-refractivity contribution is -0.167. The van der Waals surface area contributed by atoms with Gasteiger partial charge in [-0.25, -0.2) is 0 Å². The molecule has 6 nitrogen and oxygen atoms in total. The number of rotatable bonds is 59. The molecule has 6 heteroatoms. The van der Waals surface area contributed by atoms with Gasteiger partial charge in [0, 0.05) is 19.3 Å². The molecule has 0 amide bonds. The molecule has 0 aliphatic carbocycles. The Morgan fingerprint density at radius 1 is 0.266 bits per heavy atom. The molecule has 0 fully saturated rings. The molecule has 0 spiro atoms. The van der Waals surface area contributed by atoms with E-state index in [0.29, 0.717) is 19.3 Å². The normalized spacial score (nSPS) is 12.9. The fourth-order valence-corrected chi connectivity index (χ4v) is 9.04. The highest BCUT2D eigenvalue weighted by Gasteiger charge is 2.19. The van der Waals surface area contributed by atoms with Gasteiger partial charge in [0.2, 0.25) is 0 Å². The van der Waals surface area contributed by atoms with Crippen LogP contribution in [0.5, 0.6) is 0 Å². The Kier molecular flexibility index (Phi) is 62.8. The van der Waals surface area contributed by atoms with Crippen LogP contribution in [0.2, 0.25) is 0 Å². The van der Waals surface area contributed by atoms with Crippen molar-refractivity contribution in [3.05, 3.63) is 122 Å². The zero-order chi connectivity index (χ0) is 57.1. The van der Waals surface area contributed by atoms with Crippen LogP contribution < -0.4 is 0 Å². The van der Waals surface area contributed by atoms with E-state index in [4.69, 9.17) is 14.2 Å². The molecule has 0 aromatic carbocycles. The van der Waals surface area contributed by atoms with Crippen LogP contribution in [-0.4, -0.2) is 37.2 Å². The lowest BCUT2D eigenvalue weighted by atomic mass is 10.0. The summed E-state index contributed by atoms with van der Waals surface area (Å²) in [6.45, 7) is 6.40. The molecule has 0 N–H and O–H groups in total. The summed E-state index contributed by atoms with van der Waals surface area (Å²) in [5.41, 5.74) is 0. The Bertz CT molecular complexity index is 1640. The highest BCUT2D eigenvalue weighted by Crippen LogP contribution is 2.16. The fraction of sp³-hybridized carbons (Fsp3) is 0.685. The molecule has 0 bridgehead atoms. The van der Waals surface area contributed by atoms with Crippen molar-refractivity contribution in [2.24, 2.45) is 0 Å². The second-order valence-corrected chi connectivity index (χ2v) is 21.6. The third-order valence-corrected chi connectivity index (χ3v) is 13.9.